The van der Waals surface area contributed by atoms with Gasteiger partial charge in [-0.05, 0) is 44.0 Å². The van der Waals surface area contributed by atoms with E-state index in [-0.39, 0.29) is 0 Å². The lowest BCUT2D eigenvalue weighted by Gasteiger charge is -2.13. The molecule has 3 aromatic rings. The maximum Gasteiger partial charge on any atom is 0.122 e. The second kappa shape index (κ2) is 7.08. The first-order valence-corrected chi connectivity index (χ1v) is 8.71. The number of rotatable bonds is 6. The van der Waals surface area contributed by atoms with Gasteiger partial charge in [0.1, 0.15) is 11.6 Å². The molecule has 0 unspecified atom stereocenters. The van der Waals surface area contributed by atoms with Crippen molar-refractivity contribution >= 4 is 11.0 Å². The van der Waals surface area contributed by atoms with E-state index in [0.29, 0.717) is 12.5 Å². The van der Waals surface area contributed by atoms with Crippen LogP contribution in [0.1, 0.15) is 43.1 Å². The third kappa shape index (κ3) is 3.45. The average Bonchev–Trinajstić information content (AvgIpc) is 2.92. The molecule has 0 bridgehead atoms. The zero-order chi connectivity index (χ0) is 17.1. The molecule has 24 heavy (non-hydrogen) atoms. The van der Waals surface area contributed by atoms with Crippen molar-refractivity contribution in [3.63, 3.8) is 0 Å². The monoisotopic (exact) mass is 322 g/mol. The largest absolute Gasteiger partial charge is 0.493 e. The van der Waals surface area contributed by atoms with Gasteiger partial charge in [0.15, 0.2) is 0 Å². The summed E-state index contributed by atoms with van der Waals surface area (Å²) in [5, 5.41) is 0. The minimum absolute atomic E-state index is 0.415. The fourth-order valence-corrected chi connectivity index (χ4v) is 3.14. The lowest BCUT2D eigenvalue weighted by Crippen LogP contribution is -2.09. The van der Waals surface area contributed by atoms with Crippen LogP contribution >= 0.6 is 0 Å². The first kappa shape index (κ1) is 16.6. The van der Waals surface area contributed by atoms with Crippen LogP contribution < -0.4 is 4.74 Å². The van der Waals surface area contributed by atoms with Crippen molar-refractivity contribution in [3.8, 4) is 5.75 Å². The van der Waals surface area contributed by atoms with Crippen LogP contribution in [0.15, 0.2) is 42.5 Å². The Labute approximate surface area is 144 Å². The highest BCUT2D eigenvalue weighted by molar-refractivity contribution is 5.76. The van der Waals surface area contributed by atoms with Crippen LogP contribution in [0.2, 0.25) is 0 Å². The van der Waals surface area contributed by atoms with E-state index in [1.54, 1.807) is 0 Å². The SMILES string of the molecule is Cc1ccc(OCCCn2c(C(C)C)nc3ccccc32)c(C)c1. The summed E-state index contributed by atoms with van der Waals surface area (Å²) >= 11 is 0. The number of aromatic nitrogens is 2. The Morgan fingerprint density at radius 1 is 1.08 bits per heavy atom. The van der Waals surface area contributed by atoms with E-state index in [1.165, 1.54) is 16.6 Å². The molecule has 0 aliphatic carbocycles. The molecule has 0 saturated carbocycles. The van der Waals surface area contributed by atoms with Gasteiger partial charge in [0.25, 0.3) is 0 Å². The first-order valence-electron chi connectivity index (χ1n) is 8.71. The molecule has 0 radical (unpaired) electrons. The lowest BCUT2D eigenvalue weighted by molar-refractivity contribution is 0.299. The van der Waals surface area contributed by atoms with Gasteiger partial charge in [0, 0.05) is 12.5 Å². The molecule has 1 heterocycles. The molecule has 0 amide bonds. The van der Waals surface area contributed by atoms with Crippen molar-refractivity contribution < 1.29 is 4.74 Å². The van der Waals surface area contributed by atoms with Crippen molar-refractivity contribution in [2.75, 3.05) is 6.61 Å². The Kier molecular flexibility index (Phi) is 4.89. The highest BCUT2D eigenvalue weighted by Crippen LogP contribution is 2.23. The molecule has 0 spiro atoms. The summed E-state index contributed by atoms with van der Waals surface area (Å²) in [5.74, 6) is 2.56. The fourth-order valence-electron chi connectivity index (χ4n) is 3.14. The third-order valence-corrected chi connectivity index (χ3v) is 4.31. The number of para-hydroxylation sites is 2. The van der Waals surface area contributed by atoms with Gasteiger partial charge in [-0.25, -0.2) is 4.98 Å². The van der Waals surface area contributed by atoms with Crippen molar-refractivity contribution in [1.82, 2.24) is 9.55 Å². The van der Waals surface area contributed by atoms with E-state index in [9.17, 15) is 0 Å². The van der Waals surface area contributed by atoms with E-state index in [2.05, 4.69) is 68.7 Å². The van der Waals surface area contributed by atoms with E-state index in [4.69, 9.17) is 9.72 Å². The standard InChI is InChI=1S/C21H26N2O/c1-15(2)21-22-18-8-5-6-9-19(18)23(21)12-7-13-24-20-11-10-16(3)14-17(20)4/h5-6,8-11,14-15H,7,12-13H2,1-4H3. The molecule has 0 aliphatic rings. The van der Waals surface area contributed by atoms with Crippen molar-refractivity contribution in [1.29, 1.82) is 0 Å². The zero-order valence-electron chi connectivity index (χ0n) is 15.0. The summed E-state index contributed by atoms with van der Waals surface area (Å²) in [5.41, 5.74) is 4.77. The molecule has 0 fully saturated rings. The predicted molar refractivity (Wildman–Crippen MR) is 99.9 cm³/mol. The molecule has 0 N–H and O–H groups in total. The lowest BCUT2D eigenvalue weighted by atomic mass is 10.1. The smallest absolute Gasteiger partial charge is 0.122 e. The number of benzene rings is 2. The normalized spacial score (nSPS) is 11.4. The van der Waals surface area contributed by atoms with Gasteiger partial charge in [-0.1, -0.05) is 43.7 Å². The summed E-state index contributed by atoms with van der Waals surface area (Å²) in [7, 11) is 0. The number of aryl methyl sites for hydroxylation is 3. The molecule has 3 rings (SSSR count). The third-order valence-electron chi connectivity index (χ3n) is 4.31. The van der Waals surface area contributed by atoms with Gasteiger partial charge >= 0.3 is 0 Å². The second-order valence-corrected chi connectivity index (χ2v) is 6.74. The van der Waals surface area contributed by atoms with Gasteiger partial charge in [0.05, 0.1) is 17.6 Å². The summed E-state index contributed by atoms with van der Waals surface area (Å²) < 4.78 is 8.31. The predicted octanol–water partition coefficient (Wildman–Crippen LogP) is 5.25. The van der Waals surface area contributed by atoms with Gasteiger partial charge < -0.3 is 9.30 Å². The Bertz CT molecular complexity index is 833. The first-order chi connectivity index (χ1) is 11.6. The van der Waals surface area contributed by atoms with Crippen LogP contribution in [0.25, 0.3) is 11.0 Å². The van der Waals surface area contributed by atoms with Gasteiger partial charge in [-0.2, -0.15) is 0 Å². The van der Waals surface area contributed by atoms with Crippen LogP contribution in [0, 0.1) is 13.8 Å². The van der Waals surface area contributed by atoms with Crippen LogP contribution in [-0.2, 0) is 6.54 Å². The van der Waals surface area contributed by atoms with Crippen LogP contribution in [0.5, 0.6) is 5.75 Å². The Balaban J connectivity index is 1.68. The molecular formula is C21H26N2O. The quantitative estimate of drug-likeness (QED) is 0.580. The topological polar surface area (TPSA) is 27.1 Å². The number of hydrogen-bond acceptors (Lipinski definition) is 2. The average molecular weight is 322 g/mol. The highest BCUT2D eigenvalue weighted by atomic mass is 16.5. The van der Waals surface area contributed by atoms with Gasteiger partial charge in [-0.3, -0.25) is 0 Å². The molecule has 2 aromatic carbocycles. The maximum atomic E-state index is 5.97. The zero-order valence-corrected chi connectivity index (χ0v) is 15.0. The molecule has 3 nitrogen and oxygen atoms in total. The molecule has 0 saturated heterocycles. The summed E-state index contributed by atoms with van der Waals surface area (Å²) in [4.78, 5) is 4.80. The number of fused-ring (bicyclic) bond motifs is 1. The number of ether oxygens (including phenoxy) is 1. The van der Waals surface area contributed by atoms with Crippen molar-refractivity contribution in [2.24, 2.45) is 0 Å². The van der Waals surface area contributed by atoms with Gasteiger partial charge in [-0.15, -0.1) is 0 Å². The Morgan fingerprint density at radius 2 is 1.88 bits per heavy atom. The Morgan fingerprint density at radius 3 is 2.62 bits per heavy atom. The number of hydrogen-bond donors (Lipinski definition) is 0. The van der Waals surface area contributed by atoms with E-state index >= 15 is 0 Å². The van der Waals surface area contributed by atoms with Crippen LogP contribution in [0.4, 0.5) is 0 Å². The fraction of sp³-hybridized carbons (Fsp3) is 0.381. The van der Waals surface area contributed by atoms with Crippen molar-refractivity contribution in [2.45, 2.75) is 46.6 Å². The number of nitrogens with zero attached hydrogens (tertiary/aromatic N) is 2. The van der Waals surface area contributed by atoms with Crippen LogP contribution in [-0.4, -0.2) is 16.2 Å². The molecule has 0 aliphatic heterocycles. The van der Waals surface area contributed by atoms with Crippen molar-refractivity contribution in [3.05, 3.63) is 59.4 Å². The Hall–Kier alpha value is -2.29. The minimum atomic E-state index is 0.415. The second-order valence-electron chi connectivity index (χ2n) is 6.74. The van der Waals surface area contributed by atoms with E-state index in [0.717, 1.165) is 30.1 Å². The molecule has 126 valence electrons. The number of imidazole rings is 1. The minimum Gasteiger partial charge on any atom is -0.493 e. The van der Waals surface area contributed by atoms with Crippen LogP contribution in [0.3, 0.4) is 0 Å². The van der Waals surface area contributed by atoms with E-state index in [1.807, 2.05) is 6.07 Å². The highest BCUT2D eigenvalue weighted by Gasteiger charge is 2.13. The molecule has 1 aromatic heterocycles. The van der Waals surface area contributed by atoms with Gasteiger partial charge in [0.2, 0.25) is 0 Å². The summed E-state index contributed by atoms with van der Waals surface area (Å²) in [6.07, 6.45) is 0.966. The molecular weight excluding hydrogens is 296 g/mol. The summed E-state index contributed by atoms with van der Waals surface area (Å²) in [6, 6.07) is 14.7. The summed E-state index contributed by atoms with van der Waals surface area (Å²) in [6.45, 7) is 10.2. The van der Waals surface area contributed by atoms with E-state index < -0.39 is 0 Å². The molecule has 3 heteroatoms. The maximum absolute atomic E-state index is 5.97. The molecule has 0 atom stereocenters.